The number of hydrogen-bond donors (Lipinski definition) is 0. The second kappa shape index (κ2) is 7.57. The predicted molar refractivity (Wildman–Crippen MR) is 100 cm³/mol. The maximum absolute atomic E-state index is 13.3. The largest absolute Gasteiger partial charge is 0.462 e. The molecular weight excluding hydrogens is 366 g/mol. The monoisotopic (exact) mass is 393 g/mol. The first kappa shape index (κ1) is 17.9. The zero-order chi connectivity index (χ0) is 17.2. The van der Waals surface area contributed by atoms with E-state index in [-0.39, 0.29) is 12.1 Å². The number of halogens is 1. The fourth-order valence-corrected chi connectivity index (χ4v) is 4.61. The fourth-order valence-electron chi connectivity index (χ4n) is 4.21. The van der Waals surface area contributed by atoms with Crippen molar-refractivity contribution in [3.63, 3.8) is 0 Å². The van der Waals surface area contributed by atoms with Crippen molar-refractivity contribution >= 4 is 21.9 Å². The highest BCUT2D eigenvalue weighted by Gasteiger charge is 2.46. The Hall–Kier alpha value is -0.870. The molecule has 132 valence electrons. The van der Waals surface area contributed by atoms with Crippen LogP contribution in [0.1, 0.15) is 51.0 Å². The van der Waals surface area contributed by atoms with Crippen LogP contribution < -0.4 is 0 Å². The van der Waals surface area contributed by atoms with Gasteiger partial charge in [0, 0.05) is 17.6 Å². The zero-order valence-electron chi connectivity index (χ0n) is 14.8. The molecule has 24 heavy (non-hydrogen) atoms. The molecule has 0 spiro atoms. The van der Waals surface area contributed by atoms with Crippen LogP contribution in [0, 0.1) is 5.92 Å². The summed E-state index contributed by atoms with van der Waals surface area (Å²) >= 11 is 3.56. The lowest BCUT2D eigenvalue weighted by Crippen LogP contribution is -2.44. The van der Waals surface area contributed by atoms with Crippen LogP contribution in [0.5, 0.6) is 0 Å². The lowest BCUT2D eigenvalue weighted by atomic mass is 9.71. The minimum absolute atomic E-state index is 0.0259. The van der Waals surface area contributed by atoms with Gasteiger partial charge in [-0.25, -0.2) is 0 Å². The molecule has 3 nitrogen and oxygen atoms in total. The van der Waals surface area contributed by atoms with E-state index in [1.165, 1.54) is 12.8 Å². The van der Waals surface area contributed by atoms with E-state index in [9.17, 15) is 4.79 Å². The zero-order valence-corrected chi connectivity index (χ0v) is 16.3. The number of carbonyl (C=O) groups is 1. The van der Waals surface area contributed by atoms with E-state index >= 15 is 0 Å². The molecule has 2 aliphatic rings. The number of ether oxygens (including phenoxy) is 1. The van der Waals surface area contributed by atoms with Crippen molar-refractivity contribution in [3.05, 3.63) is 34.3 Å². The Balaban J connectivity index is 1.82. The Labute approximate surface area is 153 Å². The van der Waals surface area contributed by atoms with Gasteiger partial charge in [0.15, 0.2) is 0 Å². The van der Waals surface area contributed by atoms with Crippen LogP contribution in [0.2, 0.25) is 0 Å². The Morgan fingerprint density at radius 1 is 1.21 bits per heavy atom. The van der Waals surface area contributed by atoms with Crippen LogP contribution in [0.25, 0.3) is 0 Å². The van der Waals surface area contributed by atoms with Gasteiger partial charge in [0.2, 0.25) is 0 Å². The van der Waals surface area contributed by atoms with Gasteiger partial charge in [0.1, 0.15) is 6.10 Å². The number of piperidine rings is 1. The number of carbonyl (C=O) groups excluding carboxylic acids is 1. The van der Waals surface area contributed by atoms with E-state index < -0.39 is 5.41 Å². The van der Waals surface area contributed by atoms with E-state index in [4.69, 9.17) is 4.74 Å². The first-order valence-electron chi connectivity index (χ1n) is 9.16. The number of likely N-dealkylation sites (tertiary alicyclic amines) is 1. The normalized spacial score (nSPS) is 23.1. The summed E-state index contributed by atoms with van der Waals surface area (Å²) in [4.78, 5) is 15.6. The van der Waals surface area contributed by atoms with Gasteiger partial charge in [-0.15, -0.1) is 0 Å². The molecule has 1 aliphatic heterocycles. The summed E-state index contributed by atoms with van der Waals surface area (Å²) in [5.74, 6) is 0.354. The van der Waals surface area contributed by atoms with Crippen molar-refractivity contribution in [2.24, 2.45) is 5.92 Å². The molecule has 3 rings (SSSR count). The predicted octanol–water partition coefficient (Wildman–Crippen LogP) is 4.53. The van der Waals surface area contributed by atoms with Gasteiger partial charge in [-0.05, 0) is 63.3 Å². The van der Waals surface area contributed by atoms with Crippen molar-refractivity contribution in [2.75, 3.05) is 20.1 Å². The van der Waals surface area contributed by atoms with Crippen LogP contribution >= 0.6 is 15.9 Å². The Morgan fingerprint density at radius 2 is 1.88 bits per heavy atom. The SMILES string of the molecule is CN1CCC(OC(=O)C(C)(c2cccc(Br)c2)C2CCCC2)CC1. The maximum Gasteiger partial charge on any atom is 0.316 e. The molecule has 1 aromatic carbocycles. The highest BCUT2D eigenvalue weighted by Crippen LogP contribution is 2.44. The Kier molecular flexibility index (Phi) is 5.66. The molecule has 1 saturated carbocycles. The number of nitrogens with zero attached hydrogens (tertiary/aromatic N) is 1. The third-order valence-corrected chi connectivity index (χ3v) is 6.45. The molecule has 1 aliphatic carbocycles. The summed E-state index contributed by atoms with van der Waals surface area (Å²) in [5.41, 5.74) is 0.547. The Morgan fingerprint density at radius 3 is 2.50 bits per heavy atom. The molecule has 4 heteroatoms. The average molecular weight is 394 g/mol. The van der Waals surface area contributed by atoms with Gasteiger partial charge in [0.25, 0.3) is 0 Å². The topological polar surface area (TPSA) is 29.5 Å². The standard InChI is InChI=1S/C20H28BrNO2/c1-20(15-6-3-4-7-15,16-8-5-9-17(21)14-16)19(23)24-18-10-12-22(2)13-11-18/h5,8-9,14-15,18H,3-4,6-7,10-13H2,1-2H3. The van der Waals surface area contributed by atoms with E-state index in [2.05, 4.69) is 46.9 Å². The summed E-state index contributed by atoms with van der Waals surface area (Å²) in [6.07, 6.45) is 6.63. The summed E-state index contributed by atoms with van der Waals surface area (Å²) in [5, 5.41) is 0. The molecule has 0 bridgehead atoms. The van der Waals surface area contributed by atoms with Crippen LogP contribution in [0.4, 0.5) is 0 Å². The van der Waals surface area contributed by atoms with Crippen molar-refractivity contribution in [1.82, 2.24) is 4.90 Å². The molecule has 0 amide bonds. The third kappa shape index (κ3) is 3.70. The van der Waals surface area contributed by atoms with Crippen molar-refractivity contribution in [3.8, 4) is 0 Å². The van der Waals surface area contributed by atoms with Gasteiger partial charge in [-0.2, -0.15) is 0 Å². The maximum atomic E-state index is 13.3. The third-order valence-electron chi connectivity index (χ3n) is 5.96. The minimum atomic E-state index is -0.538. The van der Waals surface area contributed by atoms with Crippen molar-refractivity contribution in [1.29, 1.82) is 0 Å². The quantitative estimate of drug-likeness (QED) is 0.703. The number of rotatable bonds is 4. The summed E-state index contributed by atoms with van der Waals surface area (Å²) < 4.78 is 7.05. The van der Waals surface area contributed by atoms with Crippen LogP contribution in [-0.4, -0.2) is 37.1 Å². The molecular formula is C20H28BrNO2. The first-order chi connectivity index (χ1) is 11.5. The fraction of sp³-hybridized carbons (Fsp3) is 0.650. The number of esters is 1. The second-order valence-electron chi connectivity index (χ2n) is 7.60. The second-order valence-corrected chi connectivity index (χ2v) is 8.52. The van der Waals surface area contributed by atoms with Crippen LogP contribution in [0.15, 0.2) is 28.7 Å². The van der Waals surface area contributed by atoms with Crippen LogP contribution in [0.3, 0.4) is 0 Å². The molecule has 1 unspecified atom stereocenters. The summed E-state index contributed by atoms with van der Waals surface area (Å²) in [7, 11) is 2.13. The molecule has 1 aromatic rings. The molecule has 0 N–H and O–H groups in total. The van der Waals surface area contributed by atoms with Gasteiger partial charge < -0.3 is 9.64 Å². The molecule has 1 heterocycles. The number of hydrogen-bond acceptors (Lipinski definition) is 3. The average Bonchev–Trinajstić information content (AvgIpc) is 3.11. The van der Waals surface area contributed by atoms with E-state index in [0.717, 1.165) is 48.8 Å². The van der Waals surface area contributed by atoms with Crippen molar-refractivity contribution < 1.29 is 9.53 Å². The van der Waals surface area contributed by atoms with Crippen molar-refractivity contribution in [2.45, 2.75) is 57.0 Å². The van der Waals surface area contributed by atoms with Gasteiger partial charge >= 0.3 is 5.97 Å². The van der Waals surface area contributed by atoms with Gasteiger partial charge in [-0.1, -0.05) is 40.9 Å². The van der Waals surface area contributed by atoms with Crippen LogP contribution in [-0.2, 0) is 14.9 Å². The summed E-state index contributed by atoms with van der Waals surface area (Å²) in [6, 6.07) is 8.21. The van der Waals surface area contributed by atoms with E-state index in [1.807, 2.05) is 12.1 Å². The molecule has 0 aromatic heterocycles. The van der Waals surface area contributed by atoms with Gasteiger partial charge in [-0.3, -0.25) is 4.79 Å². The Bertz CT molecular complexity index is 577. The molecule has 1 atom stereocenters. The van der Waals surface area contributed by atoms with Gasteiger partial charge in [0.05, 0.1) is 5.41 Å². The minimum Gasteiger partial charge on any atom is -0.462 e. The lowest BCUT2D eigenvalue weighted by Gasteiger charge is -2.37. The smallest absolute Gasteiger partial charge is 0.316 e. The molecule has 1 saturated heterocycles. The lowest BCUT2D eigenvalue weighted by molar-refractivity contribution is -0.160. The van der Waals surface area contributed by atoms with E-state index in [1.54, 1.807) is 0 Å². The first-order valence-corrected chi connectivity index (χ1v) is 9.95. The highest BCUT2D eigenvalue weighted by molar-refractivity contribution is 9.10. The summed E-state index contributed by atoms with van der Waals surface area (Å²) in [6.45, 7) is 4.12. The number of benzene rings is 1. The highest BCUT2D eigenvalue weighted by atomic mass is 79.9. The molecule has 2 fully saturated rings. The van der Waals surface area contributed by atoms with E-state index in [0.29, 0.717) is 5.92 Å². The molecule has 0 radical (unpaired) electrons.